The number of para-hydroxylation sites is 1. The van der Waals surface area contributed by atoms with Crippen LogP contribution in [-0.2, 0) is 0 Å². The lowest BCUT2D eigenvalue weighted by Gasteiger charge is -2.06. The molecule has 86 valence electrons. The highest BCUT2D eigenvalue weighted by molar-refractivity contribution is 5.74. The third kappa shape index (κ3) is 1.46. The van der Waals surface area contributed by atoms with Crippen molar-refractivity contribution in [2.45, 2.75) is 6.04 Å². The quantitative estimate of drug-likeness (QED) is 0.789. The molecule has 2 aliphatic rings. The Morgan fingerprint density at radius 3 is 2.65 bits per heavy atom. The maximum atomic E-state index is 4.48. The molecule has 5 heteroatoms. The summed E-state index contributed by atoms with van der Waals surface area (Å²) in [6.45, 7) is 2.23. The zero-order valence-electron chi connectivity index (χ0n) is 9.30. The first kappa shape index (κ1) is 9.30. The fraction of sp³-hybridized carbons (Fsp3) is 0.417. The number of benzene rings is 1. The number of hydrogen-bond acceptors (Lipinski definition) is 5. The van der Waals surface area contributed by atoms with Crippen molar-refractivity contribution in [1.82, 2.24) is 20.5 Å². The van der Waals surface area contributed by atoms with E-state index < -0.39 is 0 Å². The number of piperidine rings is 1. The van der Waals surface area contributed by atoms with Crippen molar-refractivity contribution >= 4 is 17.0 Å². The third-order valence-corrected chi connectivity index (χ3v) is 3.75. The lowest BCUT2D eigenvalue weighted by molar-refractivity contribution is 0.692. The Bertz CT molecular complexity index is 560. The number of nitrogens with one attached hydrogen (secondary N) is 2. The average molecular weight is 227 g/mol. The molecule has 2 heterocycles. The number of fused-ring (bicyclic) bond motifs is 2. The van der Waals surface area contributed by atoms with Crippen LogP contribution in [0.15, 0.2) is 24.3 Å². The predicted molar refractivity (Wildman–Crippen MR) is 64.6 cm³/mol. The van der Waals surface area contributed by atoms with Gasteiger partial charge >= 0.3 is 0 Å². The van der Waals surface area contributed by atoms with Gasteiger partial charge in [0.05, 0.1) is 5.52 Å². The summed E-state index contributed by atoms with van der Waals surface area (Å²) in [4.78, 5) is 4.48. The van der Waals surface area contributed by atoms with E-state index in [0.717, 1.165) is 36.0 Å². The Labute approximate surface area is 98.7 Å². The fourth-order valence-corrected chi connectivity index (χ4v) is 2.72. The van der Waals surface area contributed by atoms with E-state index in [1.54, 1.807) is 0 Å². The van der Waals surface area contributed by atoms with Crippen molar-refractivity contribution in [3.63, 3.8) is 0 Å². The van der Waals surface area contributed by atoms with Crippen molar-refractivity contribution in [3.8, 4) is 0 Å². The van der Waals surface area contributed by atoms with Crippen molar-refractivity contribution in [3.05, 3.63) is 24.3 Å². The second-order valence-corrected chi connectivity index (χ2v) is 4.78. The summed E-state index contributed by atoms with van der Waals surface area (Å²) in [5.41, 5.74) is 1.74. The van der Waals surface area contributed by atoms with E-state index in [1.807, 2.05) is 24.3 Å². The molecule has 1 saturated heterocycles. The molecule has 2 unspecified atom stereocenters. The molecule has 0 radical (unpaired) electrons. The van der Waals surface area contributed by atoms with Gasteiger partial charge in [0.2, 0.25) is 5.95 Å². The second-order valence-electron chi connectivity index (χ2n) is 4.78. The van der Waals surface area contributed by atoms with Crippen LogP contribution >= 0.6 is 0 Å². The molecule has 2 atom stereocenters. The molecule has 17 heavy (non-hydrogen) atoms. The van der Waals surface area contributed by atoms with Gasteiger partial charge in [0.1, 0.15) is 5.52 Å². The molecule has 1 aliphatic heterocycles. The van der Waals surface area contributed by atoms with Gasteiger partial charge < -0.3 is 10.6 Å². The highest BCUT2D eigenvalue weighted by Gasteiger charge is 2.53. The molecule has 0 amide bonds. The van der Waals surface area contributed by atoms with Crippen molar-refractivity contribution in [2.24, 2.45) is 11.8 Å². The van der Waals surface area contributed by atoms with E-state index >= 15 is 0 Å². The van der Waals surface area contributed by atoms with Gasteiger partial charge in [-0.2, -0.15) is 0 Å². The Balaban J connectivity index is 1.59. The van der Waals surface area contributed by atoms with Gasteiger partial charge in [-0.25, -0.2) is 4.98 Å². The Kier molecular flexibility index (Phi) is 1.84. The smallest absolute Gasteiger partial charge is 0.243 e. The number of aromatic nitrogens is 3. The Morgan fingerprint density at radius 2 is 1.82 bits per heavy atom. The first-order valence-electron chi connectivity index (χ1n) is 5.98. The number of anilines is 1. The van der Waals surface area contributed by atoms with Gasteiger partial charge in [-0.15, -0.1) is 10.2 Å². The SMILES string of the molecule is c1ccc2nc(NC3C4CNCC43)nnc2c1. The molecule has 0 spiro atoms. The zero-order valence-corrected chi connectivity index (χ0v) is 9.30. The van der Waals surface area contributed by atoms with Crippen LogP contribution in [0.25, 0.3) is 11.0 Å². The molecule has 2 fully saturated rings. The molecule has 1 saturated carbocycles. The summed E-state index contributed by atoms with van der Waals surface area (Å²) in [6, 6.07) is 8.35. The van der Waals surface area contributed by atoms with E-state index in [-0.39, 0.29) is 0 Å². The van der Waals surface area contributed by atoms with Crippen molar-refractivity contribution < 1.29 is 0 Å². The monoisotopic (exact) mass is 227 g/mol. The van der Waals surface area contributed by atoms with Gasteiger partial charge in [0, 0.05) is 19.1 Å². The Hall–Kier alpha value is -1.75. The molecule has 1 aliphatic carbocycles. The van der Waals surface area contributed by atoms with Crippen molar-refractivity contribution in [2.75, 3.05) is 18.4 Å². The lowest BCUT2D eigenvalue weighted by atomic mass is 10.3. The maximum absolute atomic E-state index is 4.48. The van der Waals surface area contributed by atoms with E-state index in [2.05, 4.69) is 25.8 Å². The maximum Gasteiger partial charge on any atom is 0.243 e. The number of nitrogens with zero attached hydrogens (tertiary/aromatic N) is 3. The van der Waals surface area contributed by atoms with Gasteiger partial charge in [0.15, 0.2) is 0 Å². The van der Waals surface area contributed by atoms with E-state index in [4.69, 9.17) is 0 Å². The highest BCUT2D eigenvalue weighted by Crippen LogP contribution is 2.43. The summed E-state index contributed by atoms with van der Waals surface area (Å²) in [5, 5.41) is 15.0. The molecule has 2 aromatic rings. The lowest BCUT2D eigenvalue weighted by Crippen LogP contribution is -2.22. The minimum Gasteiger partial charge on any atom is -0.349 e. The standard InChI is InChI=1S/C12H13N5/c1-2-4-10-9(3-1)14-12(17-16-10)15-11-7-5-13-6-8(7)11/h1-4,7-8,11,13H,5-6H2,(H,14,15,17). The van der Waals surface area contributed by atoms with Crippen LogP contribution in [0.2, 0.25) is 0 Å². The summed E-state index contributed by atoms with van der Waals surface area (Å²) in [5.74, 6) is 2.17. The summed E-state index contributed by atoms with van der Waals surface area (Å²) in [7, 11) is 0. The molecule has 0 bridgehead atoms. The molecular formula is C12H13N5. The average Bonchev–Trinajstić information content (AvgIpc) is 2.82. The predicted octanol–water partition coefficient (Wildman–Crippen LogP) is 0.654. The van der Waals surface area contributed by atoms with Gasteiger partial charge in [-0.3, -0.25) is 0 Å². The fourth-order valence-electron chi connectivity index (χ4n) is 2.72. The van der Waals surface area contributed by atoms with Crippen LogP contribution in [-0.4, -0.2) is 34.3 Å². The first-order valence-corrected chi connectivity index (χ1v) is 5.98. The van der Waals surface area contributed by atoms with Crippen LogP contribution in [0.1, 0.15) is 0 Å². The Morgan fingerprint density at radius 1 is 1.06 bits per heavy atom. The van der Waals surface area contributed by atoms with E-state index in [0.29, 0.717) is 12.0 Å². The van der Waals surface area contributed by atoms with Crippen LogP contribution in [0.3, 0.4) is 0 Å². The zero-order chi connectivity index (χ0) is 11.2. The molecule has 1 aromatic carbocycles. The third-order valence-electron chi connectivity index (χ3n) is 3.75. The topological polar surface area (TPSA) is 62.7 Å². The van der Waals surface area contributed by atoms with E-state index in [9.17, 15) is 0 Å². The number of hydrogen-bond donors (Lipinski definition) is 2. The molecular weight excluding hydrogens is 214 g/mol. The minimum atomic E-state index is 0.541. The van der Waals surface area contributed by atoms with Crippen LogP contribution < -0.4 is 10.6 Å². The summed E-state index contributed by atoms with van der Waals surface area (Å²) < 4.78 is 0. The minimum absolute atomic E-state index is 0.541. The summed E-state index contributed by atoms with van der Waals surface area (Å²) >= 11 is 0. The molecule has 1 aromatic heterocycles. The molecule has 5 nitrogen and oxygen atoms in total. The largest absolute Gasteiger partial charge is 0.349 e. The highest BCUT2D eigenvalue weighted by atomic mass is 15.3. The number of rotatable bonds is 2. The summed E-state index contributed by atoms with van der Waals surface area (Å²) in [6.07, 6.45) is 0. The molecule has 4 rings (SSSR count). The van der Waals surface area contributed by atoms with Gasteiger partial charge in [0.25, 0.3) is 0 Å². The van der Waals surface area contributed by atoms with Crippen LogP contribution in [0.4, 0.5) is 5.95 Å². The van der Waals surface area contributed by atoms with Gasteiger partial charge in [-0.1, -0.05) is 12.1 Å². The normalized spacial score (nSPS) is 30.2. The second kappa shape index (κ2) is 3.37. The van der Waals surface area contributed by atoms with Crippen LogP contribution in [0.5, 0.6) is 0 Å². The van der Waals surface area contributed by atoms with Crippen molar-refractivity contribution in [1.29, 1.82) is 0 Å². The molecule has 2 N–H and O–H groups in total. The van der Waals surface area contributed by atoms with Gasteiger partial charge in [-0.05, 0) is 24.0 Å². The first-order chi connectivity index (χ1) is 8.42. The van der Waals surface area contributed by atoms with E-state index in [1.165, 1.54) is 0 Å². The van der Waals surface area contributed by atoms with Crippen LogP contribution in [0, 0.1) is 11.8 Å².